The zero-order chi connectivity index (χ0) is 18.4. The lowest BCUT2D eigenvalue weighted by atomic mass is 9.95. The summed E-state index contributed by atoms with van der Waals surface area (Å²) in [5, 5.41) is 3.17. The van der Waals surface area contributed by atoms with Crippen LogP contribution >= 0.6 is 0 Å². The number of allylic oxidation sites excluding steroid dienone is 3. The summed E-state index contributed by atoms with van der Waals surface area (Å²) in [6.45, 7) is 3.81. The monoisotopic (exact) mass is 357 g/mol. The van der Waals surface area contributed by atoms with Crippen LogP contribution in [0.3, 0.4) is 0 Å². The van der Waals surface area contributed by atoms with Crippen molar-refractivity contribution < 1.29 is 14.3 Å². The highest BCUT2D eigenvalue weighted by molar-refractivity contribution is 5.79. The van der Waals surface area contributed by atoms with Gasteiger partial charge >= 0.3 is 6.09 Å². The number of amides is 2. The molecule has 0 radical (unpaired) electrons. The molecule has 0 bridgehead atoms. The molecule has 3 aliphatic rings. The Morgan fingerprint density at radius 2 is 1.92 bits per heavy atom. The summed E-state index contributed by atoms with van der Waals surface area (Å²) in [5.41, 5.74) is 1.05. The topological polar surface area (TPSA) is 61.9 Å². The first-order valence-electron chi connectivity index (χ1n) is 9.39. The molecule has 0 aromatic rings. The molecule has 3 rings (SSSR count). The number of nitrogens with zero attached hydrogens (tertiary/aromatic N) is 2. The third-order valence-corrected chi connectivity index (χ3v) is 4.98. The van der Waals surface area contributed by atoms with Crippen LogP contribution in [0.2, 0.25) is 0 Å². The number of carbonyl (C=O) groups is 2. The molecule has 2 heterocycles. The van der Waals surface area contributed by atoms with E-state index in [0.29, 0.717) is 6.61 Å². The van der Waals surface area contributed by atoms with Gasteiger partial charge in [-0.15, -0.1) is 0 Å². The maximum Gasteiger partial charge on any atom is 0.417 e. The molecule has 0 spiro atoms. The second-order valence-electron chi connectivity index (χ2n) is 6.76. The molecular formula is C20H27N3O3. The number of hydrogen-bond acceptors (Lipinski definition) is 4. The van der Waals surface area contributed by atoms with Crippen LogP contribution in [0.4, 0.5) is 4.79 Å². The van der Waals surface area contributed by atoms with Crippen molar-refractivity contribution in [1.82, 2.24) is 15.1 Å². The molecule has 140 valence electrons. The van der Waals surface area contributed by atoms with Crippen molar-refractivity contribution >= 4 is 12.0 Å². The maximum atomic E-state index is 12.4. The van der Waals surface area contributed by atoms with Gasteiger partial charge in [0.15, 0.2) is 0 Å². The van der Waals surface area contributed by atoms with Gasteiger partial charge in [0.1, 0.15) is 0 Å². The highest BCUT2D eigenvalue weighted by Crippen LogP contribution is 2.23. The second kappa shape index (κ2) is 8.74. The molecule has 2 amide bonds. The van der Waals surface area contributed by atoms with Gasteiger partial charge in [-0.25, -0.2) is 4.79 Å². The Hall–Kier alpha value is -2.50. The van der Waals surface area contributed by atoms with Gasteiger partial charge in [0, 0.05) is 43.1 Å². The molecule has 1 aliphatic carbocycles. The summed E-state index contributed by atoms with van der Waals surface area (Å²) in [6.07, 6.45) is 16.6. The third kappa shape index (κ3) is 4.56. The Kier molecular flexibility index (Phi) is 6.15. The molecule has 0 aromatic carbocycles. The van der Waals surface area contributed by atoms with E-state index in [0.717, 1.165) is 44.5 Å². The van der Waals surface area contributed by atoms with Gasteiger partial charge in [-0.05, 0) is 50.8 Å². The molecule has 1 saturated heterocycles. The molecule has 0 atom stereocenters. The number of rotatable bonds is 4. The maximum absolute atomic E-state index is 12.4. The van der Waals surface area contributed by atoms with Gasteiger partial charge in [-0.3, -0.25) is 9.69 Å². The Labute approximate surface area is 154 Å². The Morgan fingerprint density at radius 1 is 1.19 bits per heavy atom. The van der Waals surface area contributed by atoms with Crippen molar-refractivity contribution in [2.24, 2.45) is 5.92 Å². The summed E-state index contributed by atoms with van der Waals surface area (Å²) in [6, 6.07) is 0.284. The van der Waals surface area contributed by atoms with Crippen molar-refractivity contribution in [3.05, 3.63) is 48.5 Å². The lowest BCUT2D eigenvalue weighted by Crippen LogP contribution is -2.42. The predicted molar refractivity (Wildman–Crippen MR) is 99.8 cm³/mol. The summed E-state index contributed by atoms with van der Waals surface area (Å²) in [5.74, 6) is 0.283. The van der Waals surface area contributed by atoms with Crippen LogP contribution in [0.25, 0.3) is 0 Å². The summed E-state index contributed by atoms with van der Waals surface area (Å²) in [7, 11) is 0. The fourth-order valence-electron chi connectivity index (χ4n) is 3.48. The van der Waals surface area contributed by atoms with E-state index in [-0.39, 0.29) is 24.0 Å². The summed E-state index contributed by atoms with van der Waals surface area (Å²) >= 11 is 0. The second-order valence-corrected chi connectivity index (χ2v) is 6.76. The smallest absolute Gasteiger partial charge is 0.417 e. The van der Waals surface area contributed by atoms with Crippen molar-refractivity contribution in [2.75, 3.05) is 19.7 Å². The number of piperidine rings is 1. The standard InChI is InChI=1S/C20H27N3O3/c1-2-26-20(25)23-12-5-8-18(11-15-23)22-13-9-16(10-14-22)19(24)21-17-6-3-4-7-17/h3-5,8,11-12,15-17H,2,6-7,9-10,13-14H2,1H3,(H,21,24). The predicted octanol–water partition coefficient (Wildman–Crippen LogP) is 2.92. The zero-order valence-corrected chi connectivity index (χ0v) is 15.3. The van der Waals surface area contributed by atoms with E-state index >= 15 is 0 Å². The largest absolute Gasteiger partial charge is 0.449 e. The lowest BCUT2D eigenvalue weighted by Gasteiger charge is -2.34. The first kappa shape index (κ1) is 18.3. The van der Waals surface area contributed by atoms with Crippen molar-refractivity contribution in [2.45, 2.75) is 38.6 Å². The molecule has 6 nitrogen and oxygen atoms in total. The molecule has 26 heavy (non-hydrogen) atoms. The summed E-state index contributed by atoms with van der Waals surface area (Å²) < 4.78 is 5.01. The SMILES string of the molecule is CCOC(=O)N1C=CC=C(N2CCC(C(=O)NC3CC=CC3)CC2)C=C1. The average molecular weight is 357 g/mol. The third-order valence-electron chi connectivity index (χ3n) is 4.98. The average Bonchev–Trinajstić information content (AvgIpc) is 3.03. The van der Waals surface area contributed by atoms with Crippen molar-refractivity contribution in [1.29, 1.82) is 0 Å². The number of nitrogens with one attached hydrogen (secondary N) is 1. The minimum Gasteiger partial charge on any atom is -0.449 e. The Morgan fingerprint density at radius 3 is 2.62 bits per heavy atom. The van der Waals surface area contributed by atoms with Crippen LogP contribution in [0.1, 0.15) is 32.6 Å². The minimum atomic E-state index is -0.383. The van der Waals surface area contributed by atoms with Gasteiger partial charge < -0.3 is 15.0 Å². The van der Waals surface area contributed by atoms with Crippen LogP contribution in [0, 0.1) is 5.92 Å². The van der Waals surface area contributed by atoms with Gasteiger partial charge in [0.25, 0.3) is 0 Å². The molecule has 1 N–H and O–H groups in total. The molecule has 0 saturated carbocycles. The van der Waals surface area contributed by atoms with Gasteiger partial charge in [0.2, 0.25) is 5.91 Å². The molecular weight excluding hydrogens is 330 g/mol. The van der Waals surface area contributed by atoms with E-state index in [4.69, 9.17) is 4.74 Å². The van der Waals surface area contributed by atoms with E-state index < -0.39 is 0 Å². The number of hydrogen-bond donors (Lipinski definition) is 1. The van der Waals surface area contributed by atoms with Gasteiger partial charge in [0.05, 0.1) is 6.61 Å². The molecule has 0 unspecified atom stereocenters. The highest BCUT2D eigenvalue weighted by Gasteiger charge is 2.27. The lowest BCUT2D eigenvalue weighted by molar-refractivity contribution is -0.126. The number of likely N-dealkylation sites (tertiary alicyclic amines) is 1. The highest BCUT2D eigenvalue weighted by atomic mass is 16.5. The van der Waals surface area contributed by atoms with E-state index in [9.17, 15) is 9.59 Å². The van der Waals surface area contributed by atoms with Crippen LogP contribution < -0.4 is 5.32 Å². The van der Waals surface area contributed by atoms with Gasteiger partial charge in [-0.1, -0.05) is 12.2 Å². The quantitative estimate of drug-likeness (QED) is 0.786. The molecule has 0 aromatic heterocycles. The summed E-state index contributed by atoms with van der Waals surface area (Å²) in [4.78, 5) is 27.9. The van der Waals surface area contributed by atoms with E-state index in [2.05, 4.69) is 22.4 Å². The van der Waals surface area contributed by atoms with E-state index in [1.54, 1.807) is 19.3 Å². The first-order valence-corrected chi connectivity index (χ1v) is 9.39. The molecule has 2 aliphatic heterocycles. The minimum absolute atomic E-state index is 0.0915. The van der Waals surface area contributed by atoms with Crippen molar-refractivity contribution in [3.63, 3.8) is 0 Å². The van der Waals surface area contributed by atoms with Crippen LogP contribution in [0.15, 0.2) is 48.5 Å². The van der Waals surface area contributed by atoms with E-state index in [1.807, 2.05) is 18.2 Å². The van der Waals surface area contributed by atoms with Crippen LogP contribution in [-0.4, -0.2) is 47.5 Å². The number of carbonyl (C=O) groups excluding carboxylic acids is 2. The van der Waals surface area contributed by atoms with Crippen molar-refractivity contribution in [3.8, 4) is 0 Å². The number of ether oxygens (including phenoxy) is 1. The van der Waals surface area contributed by atoms with Gasteiger partial charge in [-0.2, -0.15) is 0 Å². The molecule has 1 fully saturated rings. The van der Waals surface area contributed by atoms with Crippen LogP contribution in [0.5, 0.6) is 0 Å². The zero-order valence-electron chi connectivity index (χ0n) is 15.3. The normalized spacial score (nSPS) is 20.9. The van der Waals surface area contributed by atoms with E-state index in [1.165, 1.54) is 4.90 Å². The molecule has 6 heteroatoms. The Balaban J connectivity index is 1.49. The fourth-order valence-corrected chi connectivity index (χ4v) is 3.48. The Bertz CT molecular complexity index is 635. The first-order chi connectivity index (χ1) is 12.7. The van der Waals surface area contributed by atoms with Crippen LogP contribution in [-0.2, 0) is 9.53 Å². The fraction of sp³-hybridized carbons (Fsp3) is 0.500.